The smallest absolute Gasteiger partial charge is 0.145 e. The van der Waals surface area contributed by atoms with Crippen molar-refractivity contribution in [2.75, 3.05) is 12.4 Å². The van der Waals surface area contributed by atoms with Crippen LogP contribution >= 0.6 is 0 Å². The molecule has 0 aliphatic carbocycles. The summed E-state index contributed by atoms with van der Waals surface area (Å²) in [7, 11) is 1.63. The molecule has 0 unspecified atom stereocenters. The highest BCUT2D eigenvalue weighted by Gasteiger charge is 1.95. The van der Waals surface area contributed by atoms with Crippen molar-refractivity contribution in [3.05, 3.63) is 18.1 Å². The summed E-state index contributed by atoms with van der Waals surface area (Å²) in [5.74, 6) is -0.915. The topological polar surface area (TPSA) is 77.9 Å². The molecule has 0 aliphatic rings. The summed E-state index contributed by atoms with van der Waals surface area (Å²) >= 11 is 0. The largest absolute Gasteiger partial charge is 0.543 e. The van der Waals surface area contributed by atoms with E-state index in [2.05, 4.69) is 15.3 Å². The Labute approximate surface area is 63.1 Å². The zero-order valence-electron chi connectivity index (χ0n) is 5.87. The standard InChI is InChI=1S/C6H7N3O2/c1-7-5-3-8-2-4(9-5)6(10)11/h2-3H,1H3,(H,7,9)(H,10,11)/p-1. The Balaban J connectivity index is 3.01. The minimum atomic E-state index is -1.32. The predicted octanol–water partition coefficient (Wildman–Crippen LogP) is -1.12. The van der Waals surface area contributed by atoms with Gasteiger partial charge in [0.15, 0.2) is 0 Å². The van der Waals surface area contributed by atoms with Crippen molar-refractivity contribution >= 4 is 11.8 Å². The lowest BCUT2D eigenvalue weighted by Gasteiger charge is -2.02. The fraction of sp³-hybridized carbons (Fsp3) is 0.167. The average Bonchev–Trinajstić information content (AvgIpc) is 2.05. The lowest BCUT2D eigenvalue weighted by atomic mass is 10.4. The molecule has 1 aromatic heterocycles. The monoisotopic (exact) mass is 152 g/mol. The van der Waals surface area contributed by atoms with E-state index in [1.165, 1.54) is 6.20 Å². The number of rotatable bonds is 2. The molecule has 5 heteroatoms. The number of nitrogens with one attached hydrogen (secondary N) is 1. The third-order valence-electron chi connectivity index (χ3n) is 1.10. The van der Waals surface area contributed by atoms with Crippen LogP contribution in [0.2, 0.25) is 0 Å². The number of aromatic nitrogens is 2. The summed E-state index contributed by atoms with van der Waals surface area (Å²) in [6.45, 7) is 0. The molecule has 0 fully saturated rings. The van der Waals surface area contributed by atoms with Gasteiger partial charge in [-0.1, -0.05) is 0 Å². The maximum atomic E-state index is 10.2. The molecule has 1 aromatic rings. The van der Waals surface area contributed by atoms with E-state index >= 15 is 0 Å². The van der Waals surface area contributed by atoms with Crippen LogP contribution in [0, 0.1) is 0 Å². The van der Waals surface area contributed by atoms with E-state index in [1.807, 2.05) is 0 Å². The number of aromatic carboxylic acids is 1. The maximum Gasteiger partial charge on any atom is 0.145 e. The molecule has 1 heterocycles. The molecule has 0 atom stereocenters. The number of carbonyl (C=O) groups is 1. The summed E-state index contributed by atoms with van der Waals surface area (Å²) in [5.41, 5.74) is -0.170. The van der Waals surface area contributed by atoms with Crippen LogP contribution in [0.1, 0.15) is 10.5 Å². The summed E-state index contributed by atoms with van der Waals surface area (Å²) in [6, 6.07) is 0. The summed E-state index contributed by atoms with van der Waals surface area (Å²) in [6.07, 6.45) is 2.56. The van der Waals surface area contributed by atoms with Crippen LogP contribution in [0.5, 0.6) is 0 Å². The zero-order chi connectivity index (χ0) is 8.27. The normalized spacial score (nSPS) is 9.18. The number of carboxylic acids is 1. The second kappa shape index (κ2) is 2.96. The first-order valence-electron chi connectivity index (χ1n) is 2.95. The number of carboxylic acid groups (broad SMARTS) is 1. The van der Waals surface area contributed by atoms with Crippen LogP contribution in [-0.4, -0.2) is 23.0 Å². The van der Waals surface area contributed by atoms with Crippen molar-refractivity contribution in [3.8, 4) is 0 Å². The molecule has 58 valence electrons. The highest BCUT2D eigenvalue weighted by atomic mass is 16.4. The van der Waals surface area contributed by atoms with Crippen molar-refractivity contribution in [2.24, 2.45) is 0 Å². The Kier molecular flexibility index (Phi) is 2.00. The molecule has 0 radical (unpaired) electrons. The Bertz CT molecular complexity index is 274. The first-order chi connectivity index (χ1) is 5.24. The molecule has 0 amide bonds. The molecule has 0 bridgehead atoms. The van der Waals surface area contributed by atoms with Crippen LogP contribution in [0.4, 0.5) is 5.82 Å². The quantitative estimate of drug-likeness (QED) is 0.580. The summed E-state index contributed by atoms with van der Waals surface area (Å²) < 4.78 is 0. The molecule has 5 nitrogen and oxygen atoms in total. The molecule has 1 rings (SSSR count). The van der Waals surface area contributed by atoms with Gasteiger partial charge in [-0.15, -0.1) is 0 Å². The van der Waals surface area contributed by atoms with E-state index in [1.54, 1.807) is 7.05 Å². The van der Waals surface area contributed by atoms with E-state index in [9.17, 15) is 9.90 Å². The van der Waals surface area contributed by atoms with Gasteiger partial charge in [0.05, 0.1) is 18.4 Å². The zero-order valence-corrected chi connectivity index (χ0v) is 5.87. The first kappa shape index (κ1) is 7.46. The minimum absolute atomic E-state index is 0.170. The fourth-order valence-electron chi connectivity index (χ4n) is 0.585. The van der Waals surface area contributed by atoms with Crippen molar-refractivity contribution in [2.45, 2.75) is 0 Å². The van der Waals surface area contributed by atoms with E-state index in [4.69, 9.17) is 0 Å². The third kappa shape index (κ3) is 1.64. The average molecular weight is 152 g/mol. The molecule has 0 aliphatic heterocycles. The third-order valence-corrected chi connectivity index (χ3v) is 1.10. The van der Waals surface area contributed by atoms with E-state index in [0.717, 1.165) is 6.20 Å². The molecular formula is C6H6N3O2-. The van der Waals surface area contributed by atoms with Crippen LogP contribution in [0.25, 0.3) is 0 Å². The van der Waals surface area contributed by atoms with Crippen LogP contribution < -0.4 is 10.4 Å². The van der Waals surface area contributed by atoms with Gasteiger partial charge in [0.2, 0.25) is 0 Å². The number of hydrogen-bond acceptors (Lipinski definition) is 5. The highest BCUT2D eigenvalue weighted by molar-refractivity contribution is 5.83. The van der Waals surface area contributed by atoms with Crippen molar-refractivity contribution in [3.63, 3.8) is 0 Å². The van der Waals surface area contributed by atoms with Gasteiger partial charge >= 0.3 is 0 Å². The molecular weight excluding hydrogens is 146 g/mol. The second-order valence-electron chi connectivity index (χ2n) is 1.83. The molecule has 0 saturated carbocycles. The number of carbonyl (C=O) groups excluding carboxylic acids is 1. The lowest BCUT2D eigenvalue weighted by molar-refractivity contribution is -0.255. The van der Waals surface area contributed by atoms with E-state index < -0.39 is 5.97 Å². The van der Waals surface area contributed by atoms with Gasteiger partial charge in [0.1, 0.15) is 11.5 Å². The van der Waals surface area contributed by atoms with Gasteiger partial charge in [-0.2, -0.15) is 0 Å². The number of anilines is 1. The van der Waals surface area contributed by atoms with Crippen molar-refractivity contribution in [1.29, 1.82) is 0 Å². The molecule has 0 aromatic carbocycles. The van der Waals surface area contributed by atoms with Gasteiger partial charge in [-0.3, -0.25) is 4.98 Å². The van der Waals surface area contributed by atoms with Crippen molar-refractivity contribution < 1.29 is 9.90 Å². The molecule has 11 heavy (non-hydrogen) atoms. The molecule has 0 spiro atoms. The van der Waals surface area contributed by atoms with Crippen LogP contribution in [0.3, 0.4) is 0 Å². The minimum Gasteiger partial charge on any atom is -0.543 e. The molecule has 1 N–H and O–H groups in total. The first-order valence-corrected chi connectivity index (χ1v) is 2.95. The fourth-order valence-corrected chi connectivity index (χ4v) is 0.585. The lowest BCUT2D eigenvalue weighted by Crippen LogP contribution is -2.23. The number of hydrogen-bond donors (Lipinski definition) is 1. The van der Waals surface area contributed by atoms with E-state index in [-0.39, 0.29) is 5.69 Å². The Morgan fingerprint density at radius 2 is 2.36 bits per heavy atom. The van der Waals surface area contributed by atoms with Crippen LogP contribution in [-0.2, 0) is 0 Å². The number of nitrogens with zero attached hydrogens (tertiary/aromatic N) is 2. The predicted molar refractivity (Wildman–Crippen MR) is 35.9 cm³/mol. The van der Waals surface area contributed by atoms with Gasteiger partial charge in [0.25, 0.3) is 0 Å². The maximum absolute atomic E-state index is 10.2. The van der Waals surface area contributed by atoms with Crippen LogP contribution in [0.15, 0.2) is 12.4 Å². The second-order valence-corrected chi connectivity index (χ2v) is 1.83. The summed E-state index contributed by atoms with van der Waals surface area (Å²) in [5, 5.41) is 12.9. The highest BCUT2D eigenvalue weighted by Crippen LogP contribution is 1.98. The van der Waals surface area contributed by atoms with E-state index in [0.29, 0.717) is 5.82 Å². The van der Waals surface area contributed by atoms with Gasteiger partial charge in [0, 0.05) is 7.05 Å². The Morgan fingerprint density at radius 3 is 2.91 bits per heavy atom. The van der Waals surface area contributed by atoms with Gasteiger partial charge in [-0.25, -0.2) is 4.98 Å². The van der Waals surface area contributed by atoms with Crippen molar-refractivity contribution in [1.82, 2.24) is 9.97 Å². The Morgan fingerprint density at radius 1 is 1.64 bits per heavy atom. The Hall–Kier alpha value is -1.65. The van der Waals surface area contributed by atoms with Gasteiger partial charge in [-0.05, 0) is 0 Å². The SMILES string of the molecule is CNc1cncc(C(=O)[O-])n1. The summed E-state index contributed by atoms with van der Waals surface area (Å²) in [4.78, 5) is 17.5. The molecule has 0 saturated heterocycles. The van der Waals surface area contributed by atoms with Gasteiger partial charge < -0.3 is 15.2 Å².